The van der Waals surface area contributed by atoms with Crippen LogP contribution in [0.4, 0.5) is 0 Å². The van der Waals surface area contributed by atoms with Gasteiger partial charge in [-0.05, 0) is 6.42 Å². The first-order chi connectivity index (χ1) is 4.16. The zero-order valence-electron chi connectivity index (χ0n) is 5.85. The van der Waals surface area contributed by atoms with Gasteiger partial charge in [-0.15, -0.1) is 0 Å². The van der Waals surface area contributed by atoms with Crippen molar-refractivity contribution in [2.45, 2.75) is 19.8 Å². The van der Waals surface area contributed by atoms with E-state index in [-0.39, 0.29) is 6.05 Å². The summed E-state index contributed by atoms with van der Waals surface area (Å²) in [6, 6.07) is 0.185. The molecule has 0 saturated heterocycles. The summed E-state index contributed by atoms with van der Waals surface area (Å²) in [5.41, 5.74) is 0. The van der Waals surface area contributed by atoms with Crippen LogP contribution >= 0.6 is 0 Å². The van der Waals surface area contributed by atoms with Gasteiger partial charge in [-0.3, -0.25) is 0 Å². The van der Waals surface area contributed by atoms with Crippen molar-refractivity contribution in [3.8, 4) is 0 Å². The fourth-order valence-corrected chi connectivity index (χ4v) is 0.304. The van der Waals surface area contributed by atoms with Crippen LogP contribution in [0.3, 0.4) is 0 Å². The number of allylic oxidation sites excluding steroid dienone is 1. The molecule has 0 atom stereocenters. The Hall–Kier alpha value is -0.790. The molecule has 2 nitrogen and oxygen atoms in total. The number of hydrogen-bond acceptors (Lipinski definition) is 1. The molecule has 0 unspecified atom stereocenters. The Morgan fingerprint density at radius 3 is 3.00 bits per heavy atom. The monoisotopic (exact) mass is 115 g/mol. The molecule has 0 rings (SSSR count). The minimum atomic E-state index is -1.03. The third kappa shape index (κ3) is 5.21. The van der Waals surface area contributed by atoms with Gasteiger partial charge in [0.05, 0.1) is 1.37 Å². The SMILES string of the molecule is [2H]C(=CC(=O)O)CCC. The molecular formula is C6H10O2. The van der Waals surface area contributed by atoms with Crippen molar-refractivity contribution in [1.82, 2.24) is 0 Å². The van der Waals surface area contributed by atoms with E-state index in [1.165, 1.54) is 0 Å². The van der Waals surface area contributed by atoms with E-state index in [1.807, 2.05) is 6.92 Å². The molecule has 0 saturated carbocycles. The summed E-state index contributed by atoms with van der Waals surface area (Å²) in [5, 5.41) is 8.11. The Kier molecular flexibility index (Phi) is 2.92. The van der Waals surface area contributed by atoms with Crippen molar-refractivity contribution >= 4 is 5.97 Å². The number of carboxylic acids is 1. The van der Waals surface area contributed by atoms with Crippen molar-refractivity contribution in [3.63, 3.8) is 0 Å². The van der Waals surface area contributed by atoms with Crippen LogP contribution in [0.5, 0.6) is 0 Å². The predicted molar refractivity (Wildman–Crippen MR) is 31.7 cm³/mol. The highest BCUT2D eigenvalue weighted by Crippen LogP contribution is 1.86. The van der Waals surface area contributed by atoms with Gasteiger partial charge in [0.1, 0.15) is 0 Å². The van der Waals surface area contributed by atoms with Gasteiger partial charge < -0.3 is 5.11 Å². The summed E-state index contributed by atoms with van der Waals surface area (Å²) in [6.07, 6.45) is 2.29. The highest BCUT2D eigenvalue weighted by molar-refractivity contribution is 5.79. The fraction of sp³-hybridized carbons (Fsp3) is 0.500. The topological polar surface area (TPSA) is 37.3 Å². The Balaban J connectivity index is 3.69. The zero-order chi connectivity index (χ0) is 7.28. The highest BCUT2D eigenvalue weighted by Gasteiger charge is 1.81. The molecule has 0 aromatic rings. The zero-order valence-corrected chi connectivity index (χ0v) is 4.85. The first-order valence-corrected chi connectivity index (χ1v) is 2.57. The third-order valence-corrected chi connectivity index (χ3v) is 0.620. The van der Waals surface area contributed by atoms with Crippen LogP contribution < -0.4 is 0 Å². The number of carboxylic acid groups (broad SMARTS) is 1. The molecule has 0 radical (unpaired) electrons. The Labute approximate surface area is 50.2 Å². The molecule has 0 aliphatic heterocycles. The Bertz CT molecular complexity index is 129. The molecule has 2 heteroatoms. The molecule has 0 spiro atoms. The maximum Gasteiger partial charge on any atom is 0.327 e. The molecule has 0 bridgehead atoms. The highest BCUT2D eigenvalue weighted by atomic mass is 16.4. The van der Waals surface area contributed by atoms with Crippen LogP contribution in [0.1, 0.15) is 21.1 Å². The number of carbonyl (C=O) groups is 1. The predicted octanol–water partition coefficient (Wildman–Crippen LogP) is 1.43. The van der Waals surface area contributed by atoms with Gasteiger partial charge in [-0.2, -0.15) is 0 Å². The lowest BCUT2D eigenvalue weighted by Crippen LogP contribution is -1.84. The van der Waals surface area contributed by atoms with E-state index in [9.17, 15) is 4.79 Å². The normalized spacial score (nSPS) is 13.1. The minimum Gasteiger partial charge on any atom is -0.478 e. The molecular weight excluding hydrogens is 104 g/mol. The van der Waals surface area contributed by atoms with Crippen molar-refractivity contribution < 1.29 is 11.3 Å². The first kappa shape index (κ1) is 5.35. The van der Waals surface area contributed by atoms with E-state index >= 15 is 0 Å². The van der Waals surface area contributed by atoms with Gasteiger partial charge in [-0.1, -0.05) is 19.4 Å². The average Bonchev–Trinajstić information content (AvgIpc) is 1.63. The van der Waals surface area contributed by atoms with Crippen LogP contribution in [0.15, 0.2) is 12.1 Å². The summed E-state index contributed by atoms with van der Waals surface area (Å²) < 4.78 is 6.98. The molecule has 0 aliphatic rings. The van der Waals surface area contributed by atoms with Gasteiger partial charge in [0.15, 0.2) is 0 Å². The molecule has 0 aromatic heterocycles. The molecule has 0 aromatic carbocycles. The summed E-state index contributed by atoms with van der Waals surface area (Å²) in [4.78, 5) is 9.89. The lowest BCUT2D eigenvalue weighted by molar-refractivity contribution is -0.131. The van der Waals surface area contributed by atoms with Crippen LogP contribution in [0, 0.1) is 0 Å². The van der Waals surface area contributed by atoms with Gasteiger partial charge in [-0.25, -0.2) is 4.79 Å². The molecule has 8 heavy (non-hydrogen) atoms. The quantitative estimate of drug-likeness (QED) is 0.565. The van der Waals surface area contributed by atoms with E-state index in [2.05, 4.69) is 0 Å². The number of rotatable bonds is 3. The molecule has 0 aliphatic carbocycles. The second-order valence-electron chi connectivity index (χ2n) is 1.44. The first-order valence-electron chi connectivity index (χ1n) is 3.07. The van der Waals surface area contributed by atoms with E-state index in [0.29, 0.717) is 6.42 Å². The molecule has 0 heterocycles. The van der Waals surface area contributed by atoms with Crippen molar-refractivity contribution in [1.29, 1.82) is 0 Å². The van der Waals surface area contributed by atoms with Crippen LogP contribution in [-0.2, 0) is 4.79 Å². The minimum absolute atomic E-state index is 0.185. The standard InChI is InChI=1S/C6H10O2/c1-2-3-4-5-6(7)8/h4-5H,2-3H2,1H3,(H,7,8)/i4D. The molecule has 0 fully saturated rings. The van der Waals surface area contributed by atoms with Crippen LogP contribution in [0.25, 0.3) is 0 Å². The maximum absolute atomic E-state index is 9.89. The van der Waals surface area contributed by atoms with Gasteiger partial charge in [0.2, 0.25) is 0 Å². The summed E-state index contributed by atoms with van der Waals surface area (Å²) >= 11 is 0. The van der Waals surface area contributed by atoms with E-state index < -0.39 is 5.97 Å². The van der Waals surface area contributed by atoms with Gasteiger partial charge >= 0.3 is 5.97 Å². The lowest BCUT2D eigenvalue weighted by atomic mass is 10.3. The van der Waals surface area contributed by atoms with E-state index in [1.54, 1.807) is 0 Å². The maximum atomic E-state index is 9.89. The van der Waals surface area contributed by atoms with E-state index in [4.69, 9.17) is 6.48 Å². The largest absolute Gasteiger partial charge is 0.478 e. The second-order valence-corrected chi connectivity index (χ2v) is 1.44. The Morgan fingerprint density at radius 1 is 2.00 bits per heavy atom. The third-order valence-electron chi connectivity index (χ3n) is 0.620. The lowest BCUT2D eigenvalue weighted by Gasteiger charge is -1.79. The number of hydrogen-bond donors (Lipinski definition) is 1. The summed E-state index contributed by atoms with van der Waals surface area (Å²) in [6.45, 7) is 1.91. The summed E-state index contributed by atoms with van der Waals surface area (Å²) in [7, 11) is 0. The Morgan fingerprint density at radius 2 is 2.62 bits per heavy atom. The van der Waals surface area contributed by atoms with Crippen molar-refractivity contribution in [2.75, 3.05) is 0 Å². The van der Waals surface area contributed by atoms with Crippen molar-refractivity contribution in [2.24, 2.45) is 0 Å². The van der Waals surface area contributed by atoms with E-state index in [0.717, 1.165) is 12.5 Å². The van der Waals surface area contributed by atoms with Crippen LogP contribution in [0.2, 0.25) is 0 Å². The smallest absolute Gasteiger partial charge is 0.327 e. The molecule has 46 valence electrons. The molecule has 0 amide bonds. The second kappa shape index (κ2) is 4.37. The van der Waals surface area contributed by atoms with Crippen molar-refractivity contribution in [3.05, 3.63) is 12.1 Å². The fourth-order valence-electron chi connectivity index (χ4n) is 0.304. The summed E-state index contributed by atoms with van der Waals surface area (Å²) in [5.74, 6) is -1.03. The van der Waals surface area contributed by atoms with Crippen LogP contribution in [-0.4, -0.2) is 11.1 Å². The average molecular weight is 115 g/mol. The van der Waals surface area contributed by atoms with Gasteiger partial charge in [0.25, 0.3) is 0 Å². The van der Waals surface area contributed by atoms with Gasteiger partial charge in [0, 0.05) is 6.08 Å². The molecule has 1 N–H and O–H groups in total. The number of aliphatic carboxylic acids is 1.